The van der Waals surface area contributed by atoms with E-state index in [1.165, 1.54) is 18.3 Å². The summed E-state index contributed by atoms with van der Waals surface area (Å²) in [7, 11) is 0. The van der Waals surface area contributed by atoms with Crippen LogP contribution in [0, 0.1) is 0 Å². The van der Waals surface area contributed by atoms with Crippen molar-refractivity contribution in [1.82, 2.24) is 10.3 Å². The first kappa shape index (κ1) is 16.8. The summed E-state index contributed by atoms with van der Waals surface area (Å²) in [6, 6.07) is 10.0. The zero-order valence-corrected chi connectivity index (χ0v) is 12.2. The summed E-state index contributed by atoms with van der Waals surface area (Å²) in [5.74, 6) is -0.539. The van der Waals surface area contributed by atoms with Crippen LogP contribution < -0.4 is 10.1 Å². The molecule has 0 saturated carbocycles. The maximum absolute atomic E-state index is 12.2. The second-order valence-electron chi connectivity index (χ2n) is 4.66. The molecule has 1 aromatic heterocycles. The molecule has 5 nitrogen and oxygen atoms in total. The maximum Gasteiger partial charge on any atom is 0.274 e. The van der Waals surface area contributed by atoms with Crippen LogP contribution in [0.5, 0.6) is 5.75 Å². The third-order valence-corrected chi connectivity index (χ3v) is 3.08. The molecule has 0 unspecified atom stereocenters. The topological polar surface area (TPSA) is 71.5 Å². The summed E-state index contributed by atoms with van der Waals surface area (Å²) >= 11 is 0. The number of hydrogen-bond donors (Lipinski definition) is 2. The van der Waals surface area contributed by atoms with Gasteiger partial charge >= 0.3 is 0 Å². The van der Waals surface area contributed by atoms with E-state index in [0.717, 1.165) is 5.56 Å². The lowest BCUT2D eigenvalue weighted by Gasteiger charge is -2.11. The molecule has 23 heavy (non-hydrogen) atoms. The predicted molar refractivity (Wildman–Crippen MR) is 79.3 cm³/mol. The molecule has 0 atom stereocenters. The average Bonchev–Trinajstić information content (AvgIpc) is 2.58. The molecule has 0 radical (unpaired) electrons. The zero-order valence-electron chi connectivity index (χ0n) is 12.2. The van der Waals surface area contributed by atoms with E-state index in [2.05, 4.69) is 10.3 Å². The molecule has 1 heterocycles. The van der Waals surface area contributed by atoms with Crippen LogP contribution in [0.25, 0.3) is 0 Å². The molecule has 0 fully saturated rings. The molecule has 2 aromatic rings. The lowest BCUT2D eigenvalue weighted by atomic mass is 10.1. The molecule has 1 aromatic carbocycles. The molecule has 0 aliphatic rings. The van der Waals surface area contributed by atoms with Gasteiger partial charge < -0.3 is 15.2 Å². The minimum Gasteiger partial charge on any atom is -0.485 e. The Morgan fingerprint density at radius 3 is 2.65 bits per heavy atom. The first-order chi connectivity index (χ1) is 11.1. The van der Waals surface area contributed by atoms with Gasteiger partial charge in [-0.05, 0) is 23.3 Å². The Morgan fingerprint density at radius 2 is 1.96 bits per heavy atom. The molecule has 0 aliphatic heterocycles. The molecule has 0 bridgehead atoms. The number of nitrogens with zero attached hydrogens (tertiary/aromatic N) is 1. The molecule has 0 aliphatic carbocycles. The number of carbonyl (C=O) groups excluding carboxylic acids is 1. The Labute approximate surface area is 131 Å². The Bertz CT molecular complexity index is 665. The highest BCUT2D eigenvalue weighted by molar-refractivity contribution is 5.94. The van der Waals surface area contributed by atoms with E-state index in [9.17, 15) is 18.7 Å². The average molecular weight is 322 g/mol. The van der Waals surface area contributed by atoms with Gasteiger partial charge in [0.1, 0.15) is 6.61 Å². The van der Waals surface area contributed by atoms with Gasteiger partial charge in [-0.3, -0.25) is 4.79 Å². The Kier molecular flexibility index (Phi) is 5.99. The number of rotatable bonds is 7. The lowest BCUT2D eigenvalue weighted by molar-refractivity contribution is 0.0790. The largest absolute Gasteiger partial charge is 0.485 e. The number of alkyl halides is 2. The number of aliphatic hydroxyl groups excluding tert-OH is 1. The number of aromatic nitrogens is 1. The van der Waals surface area contributed by atoms with Crippen LogP contribution in [-0.4, -0.2) is 29.0 Å². The van der Waals surface area contributed by atoms with E-state index in [-0.39, 0.29) is 24.6 Å². The zero-order chi connectivity index (χ0) is 16.7. The molecular weight excluding hydrogens is 306 g/mol. The number of ether oxygens (including phenoxy) is 1. The SMILES string of the molecule is O=C(NCc1ccccc1CO)c1ncccc1OCC(F)F. The maximum atomic E-state index is 12.2. The van der Waals surface area contributed by atoms with Gasteiger partial charge in [0.25, 0.3) is 12.3 Å². The number of aliphatic hydroxyl groups is 1. The van der Waals surface area contributed by atoms with Crippen LogP contribution >= 0.6 is 0 Å². The number of halogens is 2. The van der Waals surface area contributed by atoms with Gasteiger partial charge in [-0.1, -0.05) is 24.3 Å². The Hall–Kier alpha value is -2.54. The number of hydrogen-bond acceptors (Lipinski definition) is 4. The molecule has 7 heteroatoms. The Morgan fingerprint density at radius 1 is 1.22 bits per heavy atom. The van der Waals surface area contributed by atoms with Crippen molar-refractivity contribution >= 4 is 5.91 Å². The van der Waals surface area contributed by atoms with Gasteiger partial charge in [-0.2, -0.15) is 0 Å². The van der Waals surface area contributed by atoms with E-state index < -0.39 is 18.9 Å². The first-order valence-electron chi connectivity index (χ1n) is 6.93. The fourth-order valence-electron chi connectivity index (χ4n) is 1.97. The van der Waals surface area contributed by atoms with Crippen molar-refractivity contribution in [3.63, 3.8) is 0 Å². The third kappa shape index (κ3) is 4.72. The van der Waals surface area contributed by atoms with Crippen LogP contribution in [0.4, 0.5) is 8.78 Å². The van der Waals surface area contributed by atoms with Crippen molar-refractivity contribution in [2.75, 3.05) is 6.61 Å². The second-order valence-corrected chi connectivity index (χ2v) is 4.66. The smallest absolute Gasteiger partial charge is 0.274 e. The van der Waals surface area contributed by atoms with E-state index >= 15 is 0 Å². The quantitative estimate of drug-likeness (QED) is 0.819. The van der Waals surface area contributed by atoms with Gasteiger partial charge in [0.05, 0.1) is 6.61 Å². The molecular formula is C16H16F2N2O3. The summed E-state index contributed by atoms with van der Waals surface area (Å²) in [5, 5.41) is 11.9. The number of nitrogens with one attached hydrogen (secondary N) is 1. The van der Waals surface area contributed by atoms with Crippen LogP contribution in [0.1, 0.15) is 21.6 Å². The normalized spacial score (nSPS) is 10.6. The Balaban J connectivity index is 2.06. The van der Waals surface area contributed by atoms with Crippen molar-refractivity contribution in [1.29, 1.82) is 0 Å². The summed E-state index contributed by atoms with van der Waals surface area (Å²) in [4.78, 5) is 16.1. The number of carbonyl (C=O) groups is 1. The van der Waals surface area contributed by atoms with Crippen molar-refractivity contribution in [3.8, 4) is 5.75 Å². The van der Waals surface area contributed by atoms with Crippen molar-refractivity contribution in [2.24, 2.45) is 0 Å². The lowest BCUT2D eigenvalue weighted by Crippen LogP contribution is -2.25. The monoisotopic (exact) mass is 322 g/mol. The summed E-state index contributed by atoms with van der Waals surface area (Å²) < 4.78 is 29.4. The van der Waals surface area contributed by atoms with Crippen molar-refractivity contribution in [3.05, 3.63) is 59.4 Å². The van der Waals surface area contributed by atoms with E-state index in [4.69, 9.17) is 4.74 Å². The fraction of sp³-hybridized carbons (Fsp3) is 0.250. The number of pyridine rings is 1. The summed E-state index contributed by atoms with van der Waals surface area (Å²) in [6.45, 7) is -0.766. The molecule has 1 amide bonds. The van der Waals surface area contributed by atoms with E-state index in [1.807, 2.05) is 0 Å². The number of amides is 1. The van der Waals surface area contributed by atoms with Gasteiger partial charge in [-0.15, -0.1) is 0 Å². The fourth-order valence-corrected chi connectivity index (χ4v) is 1.97. The third-order valence-electron chi connectivity index (χ3n) is 3.08. The van der Waals surface area contributed by atoms with Crippen LogP contribution in [0.15, 0.2) is 42.6 Å². The van der Waals surface area contributed by atoms with Gasteiger partial charge in [0, 0.05) is 12.7 Å². The van der Waals surface area contributed by atoms with Gasteiger partial charge in [0.2, 0.25) is 0 Å². The second kappa shape index (κ2) is 8.19. The highest BCUT2D eigenvalue weighted by atomic mass is 19.3. The van der Waals surface area contributed by atoms with Crippen molar-refractivity contribution in [2.45, 2.75) is 19.6 Å². The molecule has 0 spiro atoms. The van der Waals surface area contributed by atoms with Gasteiger partial charge in [-0.25, -0.2) is 13.8 Å². The summed E-state index contributed by atoms with van der Waals surface area (Å²) in [6.07, 6.45) is -1.26. The molecule has 2 rings (SSSR count). The van der Waals surface area contributed by atoms with Crippen LogP contribution in [0.2, 0.25) is 0 Å². The van der Waals surface area contributed by atoms with E-state index in [0.29, 0.717) is 5.56 Å². The predicted octanol–water partition coefficient (Wildman–Crippen LogP) is 2.15. The minimum atomic E-state index is -2.64. The highest BCUT2D eigenvalue weighted by Gasteiger charge is 2.15. The van der Waals surface area contributed by atoms with Crippen LogP contribution in [0.3, 0.4) is 0 Å². The summed E-state index contributed by atoms with van der Waals surface area (Å²) in [5.41, 5.74) is 1.40. The molecule has 2 N–H and O–H groups in total. The van der Waals surface area contributed by atoms with E-state index in [1.54, 1.807) is 24.3 Å². The minimum absolute atomic E-state index is 0.000688. The van der Waals surface area contributed by atoms with Crippen molar-refractivity contribution < 1.29 is 23.4 Å². The van der Waals surface area contributed by atoms with Crippen LogP contribution in [-0.2, 0) is 13.2 Å². The highest BCUT2D eigenvalue weighted by Crippen LogP contribution is 2.16. The molecule has 0 saturated heterocycles. The van der Waals surface area contributed by atoms with Gasteiger partial charge in [0.15, 0.2) is 11.4 Å². The first-order valence-corrected chi connectivity index (χ1v) is 6.93. The number of benzene rings is 1. The molecule has 122 valence electrons. The standard InChI is InChI=1S/C16H16F2N2O3/c17-14(18)10-23-13-6-3-7-19-15(13)16(22)20-8-11-4-1-2-5-12(11)9-21/h1-7,14,21H,8-10H2,(H,20,22).